The fraction of sp³-hybridized carbons (Fsp3) is 0.444. The molecule has 0 atom stereocenters. The molecule has 0 amide bonds. The van der Waals surface area contributed by atoms with Gasteiger partial charge in [0.1, 0.15) is 11.6 Å². The number of aromatic amines is 1. The highest BCUT2D eigenvalue weighted by molar-refractivity contribution is 5.36. The molecule has 2 heterocycles. The van der Waals surface area contributed by atoms with E-state index in [-0.39, 0.29) is 0 Å². The number of H-pyrrole nitrogens is 1. The van der Waals surface area contributed by atoms with Gasteiger partial charge in [0, 0.05) is 11.8 Å². The van der Waals surface area contributed by atoms with Gasteiger partial charge in [0.25, 0.3) is 0 Å². The lowest BCUT2D eigenvalue weighted by Crippen LogP contribution is -2.06. The Morgan fingerprint density at radius 3 is 2.94 bits per heavy atom. The highest BCUT2D eigenvalue weighted by atomic mass is 15.5. The van der Waals surface area contributed by atoms with Crippen molar-refractivity contribution >= 4 is 5.82 Å². The van der Waals surface area contributed by atoms with Crippen LogP contribution >= 0.6 is 0 Å². The van der Waals surface area contributed by atoms with Crippen molar-refractivity contribution in [3.63, 3.8) is 0 Å². The summed E-state index contributed by atoms with van der Waals surface area (Å²) in [5, 5.41) is 16.7. The molecule has 84 valence electrons. The molecule has 2 aromatic heterocycles. The first-order chi connectivity index (χ1) is 7.78. The molecule has 0 fully saturated rings. The quantitative estimate of drug-likeness (QED) is 0.776. The van der Waals surface area contributed by atoms with Crippen molar-refractivity contribution in [3.8, 4) is 0 Å². The molecule has 0 aliphatic carbocycles. The summed E-state index contributed by atoms with van der Waals surface area (Å²) in [6.45, 7) is 4.43. The molecule has 0 unspecified atom stereocenters. The van der Waals surface area contributed by atoms with Crippen LogP contribution in [0, 0.1) is 6.92 Å². The van der Waals surface area contributed by atoms with Crippen LogP contribution in [0.15, 0.2) is 6.07 Å². The van der Waals surface area contributed by atoms with Crippen molar-refractivity contribution in [2.24, 2.45) is 0 Å². The molecule has 0 radical (unpaired) electrons. The minimum absolute atomic E-state index is 0.496. The normalized spacial score (nSPS) is 10.4. The monoisotopic (exact) mass is 219 g/mol. The molecule has 0 aromatic carbocycles. The molecule has 0 saturated heterocycles. The highest BCUT2D eigenvalue weighted by Gasteiger charge is 2.02. The Labute approximate surface area is 92.7 Å². The molecule has 7 nitrogen and oxygen atoms in total. The number of hydrogen-bond donors (Lipinski definition) is 2. The fourth-order valence-electron chi connectivity index (χ4n) is 1.33. The van der Waals surface area contributed by atoms with Crippen LogP contribution in [0.25, 0.3) is 0 Å². The Kier molecular flexibility index (Phi) is 3.04. The van der Waals surface area contributed by atoms with Crippen molar-refractivity contribution in [3.05, 3.63) is 23.4 Å². The predicted molar refractivity (Wildman–Crippen MR) is 57.7 cm³/mol. The third-order valence-electron chi connectivity index (χ3n) is 2.07. The van der Waals surface area contributed by atoms with Gasteiger partial charge in [0.05, 0.1) is 6.54 Å². The van der Waals surface area contributed by atoms with E-state index in [4.69, 9.17) is 0 Å². The van der Waals surface area contributed by atoms with Gasteiger partial charge in [-0.25, -0.2) is 9.97 Å². The van der Waals surface area contributed by atoms with Gasteiger partial charge in [-0.2, -0.15) is 5.21 Å². The van der Waals surface area contributed by atoms with E-state index in [1.807, 2.05) is 13.0 Å². The summed E-state index contributed by atoms with van der Waals surface area (Å²) in [4.78, 5) is 8.57. The maximum absolute atomic E-state index is 4.30. The summed E-state index contributed by atoms with van der Waals surface area (Å²) < 4.78 is 0. The second kappa shape index (κ2) is 4.65. The maximum Gasteiger partial charge on any atom is 0.193 e. The average molecular weight is 219 g/mol. The summed E-state index contributed by atoms with van der Waals surface area (Å²) in [5.74, 6) is 2.15. The Morgan fingerprint density at radius 2 is 2.25 bits per heavy atom. The first-order valence-corrected chi connectivity index (χ1v) is 5.08. The Hall–Kier alpha value is -2.05. The van der Waals surface area contributed by atoms with E-state index in [9.17, 15) is 0 Å². The van der Waals surface area contributed by atoms with E-state index < -0.39 is 0 Å². The van der Waals surface area contributed by atoms with Crippen molar-refractivity contribution < 1.29 is 0 Å². The van der Waals surface area contributed by atoms with Crippen LogP contribution in [0.2, 0.25) is 0 Å². The lowest BCUT2D eigenvalue weighted by atomic mass is 10.3. The van der Waals surface area contributed by atoms with Gasteiger partial charge in [-0.05, 0) is 13.3 Å². The minimum Gasteiger partial charge on any atom is -0.363 e. The number of hydrogen-bond acceptors (Lipinski definition) is 6. The van der Waals surface area contributed by atoms with Crippen LogP contribution in [0.4, 0.5) is 5.82 Å². The molecule has 2 rings (SSSR count). The molecule has 0 bridgehead atoms. The zero-order valence-electron chi connectivity index (χ0n) is 9.23. The van der Waals surface area contributed by atoms with Gasteiger partial charge in [-0.3, -0.25) is 0 Å². The van der Waals surface area contributed by atoms with E-state index in [0.717, 1.165) is 23.8 Å². The van der Waals surface area contributed by atoms with Gasteiger partial charge in [0.2, 0.25) is 0 Å². The lowest BCUT2D eigenvalue weighted by molar-refractivity contribution is 0.881. The summed E-state index contributed by atoms with van der Waals surface area (Å²) in [6, 6.07) is 1.92. The third kappa shape index (κ3) is 2.50. The van der Waals surface area contributed by atoms with Crippen molar-refractivity contribution in [1.29, 1.82) is 0 Å². The largest absolute Gasteiger partial charge is 0.363 e. The molecule has 0 aliphatic rings. The van der Waals surface area contributed by atoms with Gasteiger partial charge in [-0.1, -0.05) is 12.1 Å². The van der Waals surface area contributed by atoms with E-state index >= 15 is 0 Å². The van der Waals surface area contributed by atoms with Crippen LogP contribution in [-0.2, 0) is 13.0 Å². The number of nitrogens with zero attached hydrogens (tertiary/aromatic N) is 5. The topological polar surface area (TPSA) is 92.3 Å². The zero-order chi connectivity index (χ0) is 11.4. The van der Waals surface area contributed by atoms with Crippen LogP contribution in [0.1, 0.15) is 24.3 Å². The van der Waals surface area contributed by atoms with Crippen LogP contribution in [0.3, 0.4) is 0 Å². The van der Waals surface area contributed by atoms with Gasteiger partial charge < -0.3 is 5.32 Å². The first-order valence-electron chi connectivity index (χ1n) is 5.08. The molecule has 0 saturated carbocycles. The number of aromatic nitrogens is 6. The molecular weight excluding hydrogens is 206 g/mol. The van der Waals surface area contributed by atoms with E-state index in [1.54, 1.807) is 0 Å². The van der Waals surface area contributed by atoms with Crippen molar-refractivity contribution in [2.75, 3.05) is 5.32 Å². The molecular formula is C9H13N7. The molecule has 2 N–H and O–H groups in total. The summed E-state index contributed by atoms with van der Waals surface area (Å²) >= 11 is 0. The van der Waals surface area contributed by atoms with E-state index in [2.05, 4.69) is 42.8 Å². The fourth-order valence-corrected chi connectivity index (χ4v) is 1.33. The molecule has 2 aromatic rings. The molecule has 7 heteroatoms. The minimum atomic E-state index is 0.496. The smallest absolute Gasteiger partial charge is 0.193 e. The lowest BCUT2D eigenvalue weighted by Gasteiger charge is -2.05. The molecule has 16 heavy (non-hydrogen) atoms. The Morgan fingerprint density at radius 1 is 1.38 bits per heavy atom. The van der Waals surface area contributed by atoms with Gasteiger partial charge in [-0.15, -0.1) is 10.2 Å². The average Bonchev–Trinajstić information content (AvgIpc) is 2.78. The molecule has 0 aliphatic heterocycles. The van der Waals surface area contributed by atoms with Gasteiger partial charge >= 0.3 is 0 Å². The van der Waals surface area contributed by atoms with Gasteiger partial charge in [0.15, 0.2) is 5.82 Å². The SMILES string of the molecule is CCc1cc(NCc2nn[nH]n2)nc(C)n1. The molecule has 0 spiro atoms. The van der Waals surface area contributed by atoms with E-state index in [0.29, 0.717) is 12.4 Å². The standard InChI is InChI=1S/C9H13N7/c1-3-7-4-8(12-6(2)11-7)10-5-9-13-15-16-14-9/h4H,3,5H2,1-2H3,(H,10,11,12)(H,13,14,15,16). The number of tetrazole rings is 1. The summed E-state index contributed by atoms with van der Waals surface area (Å²) in [7, 11) is 0. The third-order valence-corrected chi connectivity index (χ3v) is 2.07. The summed E-state index contributed by atoms with van der Waals surface area (Å²) in [5.41, 5.74) is 1.02. The first kappa shape index (κ1) is 10.5. The number of rotatable bonds is 4. The van der Waals surface area contributed by atoms with Crippen LogP contribution in [-0.4, -0.2) is 30.6 Å². The second-order valence-corrected chi connectivity index (χ2v) is 3.33. The van der Waals surface area contributed by atoms with Crippen molar-refractivity contribution in [1.82, 2.24) is 30.6 Å². The summed E-state index contributed by atoms with van der Waals surface area (Å²) in [6.07, 6.45) is 0.889. The van der Waals surface area contributed by atoms with Crippen LogP contribution in [0.5, 0.6) is 0 Å². The van der Waals surface area contributed by atoms with Crippen LogP contribution < -0.4 is 5.32 Å². The highest BCUT2D eigenvalue weighted by Crippen LogP contribution is 2.07. The predicted octanol–water partition coefficient (Wildman–Crippen LogP) is 0.473. The zero-order valence-corrected chi connectivity index (χ0v) is 9.23. The Balaban J connectivity index is 2.06. The maximum atomic E-state index is 4.30. The van der Waals surface area contributed by atoms with E-state index in [1.165, 1.54) is 0 Å². The van der Waals surface area contributed by atoms with Crippen molar-refractivity contribution in [2.45, 2.75) is 26.8 Å². The second-order valence-electron chi connectivity index (χ2n) is 3.33. The Bertz CT molecular complexity index is 451. The number of nitrogens with one attached hydrogen (secondary N) is 2. The number of aryl methyl sites for hydroxylation is 2. The number of anilines is 1.